The average Bonchev–Trinajstić information content (AvgIpc) is 2.46. The third-order valence-corrected chi connectivity index (χ3v) is 3.23. The number of benzene rings is 1. The van der Waals surface area contributed by atoms with Crippen molar-refractivity contribution in [1.29, 1.82) is 0 Å². The Hall–Kier alpha value is -2.07. The van der Waals surface area contributed by atoms with E-state index in [2.05, 4.69) is 16.4 Å². The predicted octanol–water partition coefficient (Wildman–Crippen LogP) is 2.18. The molecule has 0 fully saturated rings. The highest BCUT2D eigenvalue weighted by Gasteiger charge is 2.15. The van der Waals surface area contributed by atoms with Crippen LogP contribution in [-0.4, -0.2) is 19.1 Å². The highest BCUT2D eigenvalue weighted by Crippen LogP contribution is 2.28. The van der Waals surface area contributed by atoms with E-state index in [0.717, 1.165) is 29.0 Å². The number of anilines is 1. The molecule has 1 aromatic carbocycles. The Bertz CT molecular complexity index is 542. The Kier molecular flexibility index (Phi) is 4.36. The molecule has 0 aliphatic carbocycles. The Morgan fingerprint density at radius 2 is 2.11 bits per heavy atom. The Morgan fingerprint density at radius 1 is 1.32 bits per heavy atom. The van der Waals surface area contributed by atoms with Crippen LogP contribution in [0.15, 0.2) is 42.7 Å². The number of rotatable bonds is 5. The number of hydrogen-bond donors (Lipinski definition) is 2. The second-order valence-corrected chi connectivity index (χ2v) is 4.36. The van der Waals surface area contributed by atoms with E-state index in [0.29, 0.717) is 0 Å². The van der Waals surface area contributed by atoms with Gasteiger partial charge in [0.15, 0.2) is 0 Å². The largest absolute Gasteiger partial charge is 0.496 e. The zero-order valence-electron chi connectivity index (χ0n) is 11.3. The van der Waals surface area contributed by atoms with Crippen LogP contribution in [-0.2, 0) is 6.42 Å². The van der Waals surface area contributed by atoms with Crippen molar-refractivity contribution in [3.05, 3.63) is 53.9 Å². The number of hydrogen-bond acceptors (Lipinski definition) is 4. The fourth-order valence-corrected chi connectivity index (χ4v) is 2.15. The maximum absolute atomic E-state index is 5.97. The molecule has 100 valence electrons. The highest BCUT2D eigenvalue weighted by molar-refractivity contribution is 5.46. The minimum Gasteiger partial charge on any atom is -0.496 e. The lowest BCUT2D eigenvalue weighted by Gasteiger charge is -2.20. The molecule has 0 aliphatic rings. The first kappa shape index (κ1) is 13.4. The fourth-order valence-electron chi connectivity index (χ4n) is 2.15. The van der Waals surface area contributed by atoms with E-state index in [-0.39, 0.29) is 6.04 Å². The van der Waals surface area contributed by atoms with Crippen molar-refractivity contribution in [3.8, 4) is 5.75 Å². The monoisotopic (exact) mass is 257 g/mol. The van der Waals surface area contributed by atoms with Gasteiger partial charge in [-0.05, 0) is 31.2 Å². The van der Waals surface area contributed by atoms with Gasteiger partial charge in [-0.1, -0.05) is 18.2 Å². The summed E-state index contributed by atoms with van der Waals surface area (Å²) in [6, 6.07) is 9.97. The molecular weight excluding hydrogens is 238 g/mol. The first-order valence-corrected chi connectivity index (χ1v) is 6.24. The van der Waals surface area contributed by atoms with E-state index in [9.17, 15) is 0 Å². The molecule has 0 amide bonds. The summed E-state index contributed by atoms with van der Waals surface area (Å²) in [6.07, 6.45) is 4.29. The molecule has 4 heteroatoms. The Labute approximate surface area is 113 Å². The molecule has 2 rings (SSSR count). The summed E-state index contributed by atoms with van der Waals surface area (Å²) in [6.45, 7) is 0. The molecule has 0 saturated heterocycles. The van der Waals surface area contributed by atoms with Gasteiger partial charge in [0.1, 0.15) is 5.75 Å². The van der Waals surface area contributed by atoms with Crippen LogP contribution < -0.4 is 15.8 Å². The molecule has 0 saturated carbocycles. The molecule has 1 heterocycles. The number of aromatic nitrogens is 1. The van der Waals surface area contributed by atoms with Crippen molar-refractivity contribution in [1.82, 2.24) is 10.3 Å². The minimum atomic E-state index is 0.141. The van der Waals surface area contributed by atoms with Crippen molar-refractivity contribution < 1.29 is 4.74 Å². The predicted molar refractivity (Wildman–Crippen MR) is 77.1 cm³/mol. The third-order valence-electron chi connectivity index (χ3n) is 3.23. The van der Waals surface area contributed by atoms with E-state index in [1.165, 1.54) is 0 Å². The van der Waals surface area contributed by atoms with Gasteiger partial charge in [0.2, 0.25) is 0 Å². The molecule has 1 atom stereocenters. The van der Waals surface area contributed by atoms with Gasteiger partial charge in [-0.3, -0.25) is 4.98 Å². The van der Waals surface area contributed by atoms with E-state index < -0.39 is 0 Å². The zero-order valence-corrected chi connectivity index (χ0v) is 11.3. The molecule has 0 aliphatic heterocycles. The topological polar surface area (TPSA) is 60.2 Å². The van der Waals surface area contributed by atoms with Crippen molar-refractivity contribution in [2.45, 2.75) is 12.5 Å². The quantitative estimate of drug-likeness (QED) is 0.862. The highest BCUT2D eigenvalue weighted by atomic mass is 16.5. The van der Waals surface area contributed by atoms with Crippen molar-refractivity contribution in [3.63, 3.8) is 0 Å². The summed E-state index contributed by atoms with van der Waals surface area (Å²) < 4.78 is 5.41. The number of pyridine rings is 1. The van der Waals surface area contributed by atoms with Gasteiger partial charge in [0.05, 0.1) is 7.11 Å². The number of nitrogens with one attached hydrogen (secondary N) is 1. The third kappa shape index (κ3) is 3.03. The molecule has 0 bridgehead atoms. The van der Waals surface area contributed by atoms with Crippen molar-refractivity contribution >= 4 is 5.69 Å². The smallest absolute Gasteiger partial charge is 0.123 e. The molecule has 0 spiro atoms. The number of para-hydroxylation sites is 1. The summed E-state index contributed by atoms with van der Waals surface area (Å²) in [5.41, 5.74) is 8.90. The maximum Gasteiger partial charge on any atom is 0.123 e. The maximum atomic E-state index is 5.97. The number of nitrogens with zero attached hydrogens (tertiary/aromatic N) is 1. The number of ether oxygens (including phenoxy) is 1. The molecule has 0 radical (unpaired) electrons. The van der Waals surface area contributed by atoms with Gasteiger partial charge in [-0.25, -0.2) is 0 Å². The first-order chi connectivity index (χ1) is 9.26. The van der Waals surface area contributed by atoms with Crippen LogP contribution in [0, 0.1) is 0 Å². The number of likely N-dealkylation sites (N-methyl/N-ethyl adjacent to an activating group) is 1. The van der Waals surface area contributed by atoms with Gasteiger partial charge >= 0.3 is 0 Å². The molecular formula is C15H19N3O. The molecule has 19 heavy (non-hydrogen) atoms. The lowest BCUT2D eigenvalue weighted by Crippen LogP contribution is -2.20. The van der Waals surface area contributed by atoms with Crippen LogP contribution in [0.3, 0.4) is 0 Å². The summed E-state index contributed by atoms with van der Waals surface area (Å²) >= 11 is 0. The standard InChI is InChI=1S/C15H19N3O/c1-17-14(9-11-10-18-8-7-13(11)16)12-5-3-4-6-15(12)19-2/h3-8,10,14,17H,9H2,1-2H3,(H2,16,18). The molecule has 4 nitrogen and oxygen atoms in total. The summed E-state index contributed by atoms with van der Waals surface area (Å²) in [7, 11) is 3.62. The molecule has 1 aromatic heterocycles. The zero-order chi connectivity index (χ0) is 13.7. The first-order valence-electron chi connectivity index (χ1n) is 6.24. The Balaban J connectivity index is 2.28. The fraction of sp³-hybridized carbons (Fsp3) is 0.267. The van der Waals surface area contributed by atoms with Crippen molar-refractivity contribution in [2.24, 2.45) is 0 Å². The molecule has 1 unspecified atom stereocenters. The second kappa shape index (κ2) is 6.20. The van der Waals surface area contributed by atoms with Gasteiger partial charge in [0.25, 0.3) is 0 Å². The van der Waals surface area contributed by atoms with Crippen LogP contribution in [0.25, 0.3) is 0 Å². The molecule has 2 aromatic rings. The van der Waals surface area contributed by atoms with Gasteiger partial charge in [-0.15, -0.1) is 0 Å². The van der Waals surface area contributed by atoms with Crippen LogP contribution in [0.5, 0.6) is 5.75 Å². The van der Waals surface area contributed by atoms with Crippen LogP contribution in [0.2, 0.25) is 0 Å². The summed E-state index contributed by atoms with van der Waals surface area (Å²) in [5.74, 6) is 0.879. The lowest BCUT2D eigenvalue weighted by atomic mass is 9.98. The number of methoxy groups -OCH3 is 1. The average molecular weight is 257 g/mol. The van der Waals surface area contributed by atoms with Crippen LogP contribution >= 0.6 is 0 Å². The lowest BCUT2D eigenvalue weighted by molar-refractivity contribution is 0.401. The molecule has 3 N–H and O–H groups in total. The van der Waals surface area contributed by atoms with Gasteiger partial charge in [-0.2, -0.15) is 0 Å². The number of nitrogens with two attached hydrogens (primary N) is 1. The minimum absolute atomic E-state index is 0.141. The van der Waals surface area contributed by atoms with Gasteiger partial charge in [0, 0.05) is 29.7 Å². The normalized spacial score (nSPS) is 12.1. The second-order valence-electron chi connectivity index (χ2n) is 4.36. The summed E-state index contributed by atoms with van der Waals surface area (Å²) in [5, 5.41) is 3.31. The van der Waals surface area contributed by atoms with E-state index >= 15 is 0 Å². The number of nitrogen functional groups attached to an aromatic ring is 1. The summed E-state index contributed by atoms with van der Waals surface area (Å²) in [4.78, 5) is 4.13. The van der Waals surface area contributed by atoms with Gasteiger partial charge < -0.3 is 15.8 Å². The SMILES string of the molecule is CNC(Cc1cnccc1N)c1ccccc1OC. The van der Waals surface area contributed by atoms with Crippen LogP contribution in [0.1, 0.15) is 17.2 Å². The van der Waals surface area contributed by atoms with E-state index in [1.807, 2.05) is 37.5 Å². The van der Waals surface area contributed by atoms with Crippen molar-refractivity contribution in [2.75, 3.05) is 19.9 Å². The van der Waals surface area contributed by atoms with E-state index in [1.54, 1.807) is 13.3 Å². The Morgan fingerprint density at radius 3 is 2.79 bits per heavy atom. The van der Waals surface area contributed by atoms with E-state index in [4.69, 9.17) is 10.5 Å². The van der Waals surface area contributed by atoms with Crippen LogP contribution in [0.4, 0.5) is 5.69 Å².